The summed E-state index contributed by atoms with van der Waals surface area (Å²) in [5.41, 5.74) is 1.49. The van der Waals surface area contributed by atoms with E-state index in [4.69, 9.17) is 17.3 Å². The molecule has 4 nitrogen and oxygen atoms in total. The van der Waals surface area contributed by atoms with Crippen LogP contribution in [0, 0.1) is 17.8 Å². The fourth-order valence-corrected chi connectivity index (χ4v) is 6.12. The lowest BCUT2D eigenvalue weighted by molar-refractivity contribution is -0.0492. The molecule has 26 heavy (non-hydrogen) atoms. The van der Waals surface area contributed by atoms with Gasteiger partial charge in [-0.15, -0.1) is 0 Å². The molecule has 136 valence electrons. The number of nitrogens with one attached hydrogen (secondary N) is 2. The number of benzene rings is 1. The van der Waals surface area contributed by atoms with Gasteiger partial charge in [-0.3, -0.25) is 4.68 Å². The van der Waals surface area contributed by atoms with Crippen molar-refractivity contribution in [2.75, 3.05) is 5.32 Å². The van der Waals surface area contributed by atoms with Gasteiger partial charge in [0.2, 0.25) is 0 Å². The van der Waals surface area contributed by atoms with Crippen LogP contribution in [-0.4, -0.2) is 14.9 Å². The number of nitrogens with zero attached hydrogens (tertiary/aromatic N) is 2. The van der Waals surface area contributed by atoms with E-state index in [-0.39, 0.29) is 5.54 Å². The molecule has 0 atom stereocenters. The third-order valence-electron chi connectivity index (χ3n) is 6.62. The minimum absolute atomic E-state index is 0.272. The molecule has 0 spiro atoms. The highest BCUT2D eigenvalue weighted by molar-refractivity contribution is 7.80. The van der Waals surface area contributed by atoms with E-state index in [0.29, 0.717) is 5.11 Å². The lowest BCUT2D eigenvalue weighted by atomic mass is 9.53. The minimum atomic E-state index is 0.272. The second kappa shape index (κ2) is 6.38. The summed E-state index contributed by atoms with van der Waals surface area (Å²) < 4.78 is 2.26. The molecule has 5 heteroatoms. The van der Waals surface area contributed by atoms with Crippen LogP contribution in [0.15, 0.2) is 42.6 Å². The van der Waals surface area contributed by atoms with Gasteiger partial charge >= 0.3 is 0 Å². The van der Waals surface area contributed by atoms with Gasteiger partial charge in [0, 0.05) is 18.8 Å². The second-order valence-corrected chi connectivity index (χ2v) is 8.99. The Morgan fingerprint density at radius 1 is 1.04 bits per heavy atom. The zero-order valence-corrected chi connectivity index (χ0v) is 15.8. The summed E-state index contributed by atoms with van der Waals surface area (Å²) in [5, 5.41) is 12.0. The summed E-state index contributed by atoms with van der Waals surface area (Å²) >= 11 is 5.44. The molecule has 0 amide bonds. The van der Waals surface area contributed by atoms with Gasteiger partial charge in [-0.25, -0.2) is 0 Å². The first-order valence-corrected chi connectivity index (χ1v) is 10.2. The smallest absolute Gasteiger partial charge is 0.172 e. The van der Waals surface area contributed by atoms with E-state index in [1.54, 1.807) is 0 Å². The highest BCUT2D eigenvalue weighted by Gasteiger charge is 2.52. The van der Waals surface area contributed by atoms with E-state index in [1.165, 1.54) is 44.1 Å². The maximum atomic E-state index is 5.44. The number of thiocarbonyl (C=S) groups is 1. The monoisotopic (exact) mass is 366 g/mol. The van der Waals surface area contributed by atoms with Crippen LogP contribution in [0.4, 0.5) is 5.82 Å². The first-order valence-electron chi connectivity index (χ1n) is 9.83. The first kappa shape index (κ1) is 16.3. The molecule has 1 aromatic carbocycles. The number of rotatable bonds is 4. The van der Waals surface area contributed by atoms with Crippen molar-refractivity contribution < 1.29 is 0 Å². The van der Waals surface area contributed by atoms with E-state index < -0.39 is 0 Å². The van der Waals surface area contributed by atoms with Gasteiger partial charge < -0.3 is 10.6 Å². The van der Waals surface area contributed by atoms with E-state index in [2.05, 4.69) is 39.7 Å². The van der Waals surface area contributed by atoms with Crippen molar-refractivity contribution in [1.29, 1.82) is 0 Å². The molecule has 1 aromatic heterocycles. The molecule has 4 aliphatic carbocycles. The van der Waals surface area contributed by atoms with Crippen molar-refractivity contribution in [2.24, 2.45) is 17.8 Å². The predicted octanol–water partition coefficient (Wildman–Crippen LogP) is 4.30. The van der Waals surface area contributed by atoms with Crippen LogP contribution in [0.5, 0.6) is 0 Å². The van der Waals surface area contributed by atoms with Crippen molar-refractivity contribution in [1.82, 2.24) is 15.1 Å². The first-order chi connectivity index (χ1) is 12.7. The van der Waals surface area contributed by atoms with Crippen LogP contribution in [-0.2, 0) is 12.1 Å². The topological polar surface area (TPSA) is 41.9 Å². The van der Waals surface area contributed by atoms with Gasteiger partial charge in [-0.05, 0) is 74.1 Å². The molecule has 0 saturated heterocycles. The zero-order valence-electron chi connectivity index (χ0n) is 15.0. The van der Waals surface area contributed by atoms with Crippen LogP contribution in [0.25, 0.3) is 0 Å². The Hall–Kier alpha value is -1.88. The normalized spacial score (nSPS) is 31.8. The average molecular weight is 367 g/mol. The van der Waals surface area contributed by atoms with Gasteiger partial charge in [0.1, 0.15) is 0 Å². The maximum Gasteiger partial charge on any atom is 0.172 e. The van der Waals surface area contributed by atoms with Crippen LogP contribution in [0.3, 0.4) is 0 Å². The molecule has 4 bridgehead atoms. The van der Waals surface area contributed by atoms with Crippen molar-refractivity contribution >= 4 is 23.1 Å². The molecule has 2 N–H and O–H groups in total. The van der Waals surface area contributed by atoms with E-state index in [1.807, 2.05) is 18.2 Å². The Balaban J connectivity index is 1.24. The molecule has 4 saturated carbocycles. The number of hydrogen-bond donors (Lipinski definition) is 2. The highest BCUT2D eigenvalue weighted by atomic mass is 32.1. The van der Waals surface area contributed by atoms with E-state index in [0.717, 1.165) is 30.1 Å². The van der Waals surface area contributed by atoms with Crippen molar-refractivity contribution in [3.63, 3.8) is 0 Å². The predicted molar refractivity (Wildman–Crippen MR) is 108 cm³/mol. The van der Waals surface area contributed by atoms with Crippen LogP contribution >= 0.6 is 12.2 Å². The van der Waals surface area contributed by atoms with Gasteiger partial charge in [0.25, 0.3) is 0 Å². The molecule has 2 aromatic rings. The fourth-order valence-electron chi connectivity index (χ4n) is 5.94. The third kappa shape index (κ3) is 3.02. The Morgan fingerprint density at radius 2 is 1.69 bits per heavy atom. The van der Waals surface area contributed by atoms with Crippen LogP contribution < -0.4 is 10.6 Å². The highest BCUT2D eigenvalue weighted by Crippen LogP contribution is 2.58. The van der Waals surface area contributed by atoms with Crippen LogP contribution in [0.2, 0.25) is 0 Å². The lowest BCUT2D eigenvalue weighted by Crippen LogP contribution is -2.52. The molecule has 6 rings (SSSR count). The minimum Gasteiger partial charge on any atom is -0.358 e. The van der Waals surface area contributed by atoms with Crippen molar-refractivity contribution in [3.05, 3.63) is 48.2 Å². The van der Waals surface area contributed by atoms with Gasteiger partial charge in [0.15, 0.2) is 10.9 Å². The Labute approximate surface area is 160 Å². The third-order valence-corrected chi connectivity index (χ3v) is 6.86. The molecule has 0 radical (unpaired) electrons. The SMILES string of the molecule is S=C(NCc1ccccc1)Nc1ccn(C23CC4CC(CC(C4)C2)C3)n1. The number of aromatic nitrogens is 2. The molecule has 4 aliphatic rings. The lowest BCUT2D eigenvalue weighted by Gasteiger charge is -2.56. The average Bonchev–Trinajstić information content (AvgIpc) is 3.09. The summed E-state index contributed by atoms with van der Waals surface area (Å²) in [5.74, 6) is 3.63. The molecule has 4 fully saturated rings. The maximum absolute atomic E-state index is 5.44. The van der Waals surface area contributed by atoms with E-state index >= 15 is 0 Å². The van der Waals surface area contributed by atoms with Gasteiger partial charge in [0.05, 0.1) is 5.54 Å². The number of anilines is 1. The Bertz CT molecular complexity index is 762. The number of hydrogen-bond acceptors (Lipinski definition) is 2. The molecular weight excluding hydrogens is 340 g/mol. The van der Waals surface area contributed by atoms with Crippen LogP contribution in [0.1, 0.15) is 44.1 Å². The summed E-state index contributed by atoms with van der Waals surface area (Å²) in [6.07, 6.45) is 10.5. The van der Waals surface area contributed by atoms with Gasteiger partial charge in [-0.1, -0.05) is 30.3 Å². The summed E-state index contributed by atoms with van der Waals surface area (Å²) in [7, 11) is 0. The van der Waals surface area contributed by atoms with E-state index in [9.17, 15) is 0 Å². The molecule has 1 heterocycles. The Kier molecular flexibility index (Phi) is 4.00. The largest absolute Gasteiger partial charge is 0.358 e. The Morgan fingerprint density at radius 3 is 2.35 bits per heavy atom. The quantitative estimate of drug-likeness (QED) is 0.792. The molecular formula is C21H26N4S. The second-order valence-electron chi connectivity index (χ2n) is 8.58. The fraction of sp³-hybridized carbons (Fsp3) is 0.524. The summed E-state index contributed by atoms with van der Waals surface area (Å²) in [6, 6.07) is 12.4. The molecule has 0 aliphatic heterocycles. The zero-order chi connectivity index (χ0) is 17.6. The van der Waals surface area contributed by atoms with Gasteiger partial charge in [-0.2, -0.15) is 5.10 Å². The summed E-state index contributed by atoms with van der Waals surface area (Å²) in [6.45, 7) is 0.725. The van der Waals surface area contributed by atoms with Crippen molar-refractivity contribution in [2.45, 2.75) is 50.6 Å². The summed E-state index contributed by atoms with van der Waals surface area (Å²) in [4.78, 5) is 0. The standard InChI is InChI=1S/C21H26N4S/c26-20(22-14-15-4-2-1-3-5-15)23-19-6-7-25(24-19)21-11-16-8-17(12-21)10-18(9-16)13-21/h1-7,16-18H,8-14H2,(H2,22,23,24,26). The molecule has 0 unspecified atom stereocenters. The van der Waals surface area contributed by atoms with Crippen molar-refractivity contribution in [3.8, 4) is 0 Å².